The van der Waals surface area contributed by atoms with Gasteiger partial charge in [-0.05, 0) is 49.3 Å². The van der Waals surface area contributed by atoms with Crippen LogP contribution in [0, 0.1) is 12.3 Å². The van der Waals surface area contributed by atoms with E-state index in [0.717, 1.165) is 22.6 Å². The quantitative estimate of drug-likeness (QED) is 0.781. The van der Waals surface area contributed by atoms with Crippen LogP contribution in [0.2, 0.25) is 0 Å². The molecule has 98 valence electrons. The number of carbonyl (C=O) groups excluding carboxylic acids is 1. The monoisotopic (exact) mass is 263 g/mol. The third kappa shape index (κ3) is 3.08. The zero-order valence-corrected chi connectivity index (χ0v) is 12.0. The Morgan fingerprint density at radius 2 is 2.17 bits per heavy atom. The predicted octanol–water partition coefficient (Wildman–Crippen LogP) is 3.59. The van der Waals surface area contributed by atoms with Crippen LogP contribution in [0.3, 0.4) is 0 Å². The summed E-state index contributed by atoms with van der Waals surface area (Å²) < 4.78 is 0. The first-order valence-corrected chi connectivity index (χ1v) is 7.09. The van der Waals surface area contributed by atoms with E-state index in [1.807, 2.05) is 25.1 Å². The number of hydrogen-bond acceptors (Lipinski definition) is 2. The van der Waals surface area contributed by atoms with Gasteiger partial charge in [-0.15, -0.1) is 12.6 Å². The minimum Gasteiger partial charge on any atom is -0.351 e. The van der Waals surface area contributed by atoms with Gasteiger partial charge >= 0.3 is 0 Å². The van der Waals surface area contributed by atoms with Crippen molar-refractivity contribution in [2.75, 3.05) is 6.54 Å². The summed E-state index contributed by atoms with van der Waals surface area (Å²) in [5, 5.41) is 3.08. The Labute approximate surface area is 115 Å². The molecule has 0 radical (unpaired) electrons. The molecule has 0 unspecified atom stereocenters. The van der Waals surface area contributed by atoms with Crippen molar-refractivity contribution in [2.45, 2.75) is 44.4 Å². The van der Waals surface area contributed by atoms with Gasteiger partial charge in [0.05, 0.1) is 0 Å². The lowest BCUT2D eigenvalue weighted by Crippen LogP contribution is -2.30. The summed E-state index contributed by atoms with van der Waals surface area (Å²) in [6.45, 7) is 4.98. The van der Waals surface area contributed by atoms with E-state index in [1.165, 1.54) is 25.7 Å². The molecular formula is C15H21NOS. The summed E-state index contributed by atoms with van der Waals surface area (Å²) in [5.41, 5.74) is 2.15. The summed E-state index contributed by atoms with van der Waals surface area (Å²) in [6.07, 6.45) is 4.93. The number of carbonyl (C=O) groups is 1. The van der Waals surface area contributed by atoms with E-state index in [0.29, 0.717) is 5.41 Å². The Morgan fingerprint density at radius 1 is 1.44 bits per heavy atom. The van der Waals surface area contributed by atoms with Crippen molar-refractivity contribution in [1.82, 2.24) is 5.32 Å². The van der Waals surface area contributed by atoms with Crippen LogP contribution >= 0.6 is 12.6 Å². The molecule has 1 aliphatic carbocycles. The maximum absolute atomic E-state index is 12.2. The summed E-state index contributed by atoms with van der Waals surface area (Å²) in [7, 11) is 0. The Bertz CT molecular complexity index is 452. The molecule has 1 amide bonds. The van der Waals surface area contributed by atoms with Crippen molar-refractivity contribution in [2.24, 2.45) is 5.41 Å². The molecule has 2 rings (SSSR count). The third-order valence-corrected chi connectivity index (χ3v) is 4.11. The molecule has 0 saturated heterocycles. The summed E-state index contributed by atoms with van der Waals surface area (Å²) in [5.74, 6) is 0.0331. The highest BCUT2D eigenvalue weighted by Gasteiger charge is 2.41. The molecule has 1 aromatic rings. The first kappa shape index (κ1) is 13.5. The van der Waals surface area contributed by atoms with Crippen molar-refractivity contribution in [1.29, 1.82) is 0 Å². The van der Waals surface area contributed by atoms with Crippen molar-refractivity contribution in [3.05, 3.63) is 29.3 Å². The van der Waals surface area contributed by atoms with Crippen LogP contribution in [0.4, 0.5) is 0 Å². The highest BCUT2D eigenvalue weighted by atomic mass is 32.1. The van der Waals surface area contributed by atoms with E-state index in [9.17, 15) is 4.79 Å². The Kier molecular flexibility index (Phi) is 4.00. The molecule has 0 aromatic heterocycles. The lowest BCUT2D eigenvalue weighted by molar-refractivity contribution is 0.0943. The lowest BCUT2D eigenvalue weighted by atomic mass is 10.0. The number of rotatable bonds is 5. The Balaban J connectivity index is 1.98. The van der Waals surface area contributed by atoms with E-state index < -0.39 is 0 Å². The molecule has 1 N–H and O–H groups in total. The standard InChI is InChI=1S/C15H21NOS/c1-3-6-15(7-8-15)10-16-14(17)13-9-12(18)5-4-11(13)2/h4-5,9,18H,3,6-8,10H2,1-2H3,(H,16,17). The van der Waals surface area contributed by atoms with Crippen LogP contribution in [-0.4, -0.2) is 12.5 Å². The van der Waals surface area contributed by atoms with Gasteiger partial charge in [0.15, 0.2) is 0 Å². The minimum absolute atomic E-state index is 0.0331. The highest BCUT2D eigenvalue weighted by molar-refractivity contribution is 7.80. The topological polar surface area (TPSA) is 29.1 Å². The first-order chi connectivity index (χ1) is 8.56. The fraction of sp³-hybridized carbons (Fsp3) is 0.533. The van der Waals surface area contributed by atoms with Gasteiger partial charge in [-0.3, -0.25) is 4.79 Å². The molecule has 0 heterocycles. The fourth-order valence-electron chi connectivity index (χ4n) is 2.44. The van der Waals surface area contributed by atoms with Crippen molar-refractivity contribution in [3.63, 3.8) is 0 Å². The molecule has 0 atom stereocenters. The Hall–Kier alpha value is -0.960. The first-order valence-electron chi connectivity index (χ1n) is 6.64. The van der Waals surface area contributed by atoms with E-state index in [1.54, 1.807) is 0 Å². The van der Waals surface area contributed by atoms with Crippen LogP contribution in [0.15, 0.2) is 23.1 Å². The molecule has 0 aliphatic heterocycles. The van der Waals surface area contributed by atoms with E-state index in [4.69, 9.17) is 0 Å². The zero-order chi connectivity index (χ0) is 13.2. The molecule has 18 heavy (non-hydrogen) atoms. The molecular weight excluding hydrogens is 242 g/mol. The van der Waals surface area contributed by atoms with Crippen molar-refractivity contribution in [3.8, 4) is 0 Å². The molecule has 1 saturated carbocycles. The molecule has 1 aromatic carbocycles. The maximum Gasteiger partial charge on any atom is 0.251 e. The largest absolute Gasteiger partial charge is 0.351 e. The maximum atomic E-state index is 12.2. The smallest absolute Gasteiger partial charge is 0.251 e. The van der Waals surface area contributed by atoms with Gasteiger partial charge < -0.3 is 5.32 Å². The van der Waals surface area contributed by atoms with Gasteiger partial charge in [0.2, 0.25) is 0 Å². The fourth-order valence-corrected chi connectivity index (χ4v) is 2.64. The summed E-state index contributed by atoms with van der Waals surface area (Å²) in [4.78, 5) is 13.0. The Morgan fingerprint density at radius 3 is 2.78 bits per heavy atom. The minimum atomic E-state index is 0.0331. The second-order valence-corrected chi connectivity index (χ2v) is 5.95. The van der Waals surface area contributed by atoms with Gasteiger partial charge in [-0.1, -0.05) is 19.4 Å². The molecule has 1 fully saturated rings. The second-order valence-electron chi connectivity index (χ2n) is 5.43. The van der Waals surface area contributed by atoms with Gasteiger partial charge in [-0.2, -0.15) is 0 Å². The average molecular weight is 263 g/mol. The number of thiol groups is 1. The van der Waals surface area contributed by atoms with Crippen LogP contribution in [0.25, 0.3) is 0 Å². The van der Waals surface area contributed by atoms with Gasteiger partial charge in [0.1, 0.15) is 0 Å². The van der Waals surface area contributed by atoms with Gasteiger partial charge in [-0.25, -0.2) is 0 Å². The number of benzene rings is 1. The van der Waals surface area contributed by atoms with E-state index >= 15 is 0 Å². The van der Waals surface area contributed by atoms with Gasteiger partial charge in [0, 0.05) is 17.0 Å². The normalized spacial score (nSPS) is 16.4. The van der Waals surface area contributed by atoms with Crippen LogP contribution in [0.5, 0.6) is 0 Å². The number of nitrogens with one attached hydrogen (secondary N) is 1. The van der Waals surface area contributed by atoms with Crippen LogP contribution < -0.4 is 5.32 Å². The number of hydrogen-bond donors (Lipinski definition) is 2. The second kappa shape index (κ2) is 5.35. The lowest BCUT2D eigenvalue weighted by Gasteiger charge is -2.15. The molecule has 0 bridgehead atoms. The predicted molar refractivity (Wildman–Crippen MR) is 77.3 cm³/mol. The number of aryl methyl sites for hydroxylation is 1. The highest BCUT2D eigenvalue weighted by Crippen LogP contribution is 2.48. The van der Waals surface area contributed by atoms with E-state index in [-0.39, 0.29) is 5.91 Å². The molecule has 1 aliphatic rings. The molecule has 0 spiro atoms. The summed E-state index contributed by atoms with van der Waals surface area (Å²) >= 11 is 4.29. The number of amides is 1. The average Bonchev–Trinajstić information content (AvgIpc) is 3.10. The third-order valence-electron chi connectivity index (χ3n) is 3.83. The molecule has 2 nitrogen and oxygen atoms in total. The SMILES string of the molecule is CCCC1(CNC(=O)c2cc(S)ccc2C)CC1. The molecule has 3 heteroatoms. The van der Waals surface area contributed by atoms with Crippen molar-refractivity contribution >= 4 is 18.5 Å². The zero-order valence-electron chi connectivity index (χ0n) is 11.1. The van der Waals surface area contributed by atoms with Crippen molar-refractivity contribution < 1.29 is 4.79 Å². The van der Waals surface area contributed by atoms with E-state index in [2.05, 4.69) is 24.9 Å². The van der Waals surface area contributed by atoms with Gasteiger partial charge in [0.25, 0.3) is 5.91 Å². The van der Waals surface area contributed by atoms with Crippen LogP contribution in [-0.2, 0) is 0 Å². The summed E-state index contributed by atoms with van der Waals surface area (Å²) in [6, 6.07) is 5.69. The van der Waals surface area contributed by atoms with Crippen LogP contribution in [0.1, 0.15) is 48.5 Å².